The number of nitrogens with zero attached hydrogens (tertiary/aromatic N) is 1. The van der Waals surface area contributed by atoms with Crippen molar-refractivity contribution >= 4 is 46.5 Å². The number of hydrogen-bond donors (Lipinski definition) is 2. The Morgan fingerprint density at radius 3 is 2.79 bits per heavy atom. The molecule has 0 aliphatic carbocycles. The fourth-order valence-electron chi connectivity index (χ4n) is 1.45. The lowest BCUT2D eigenvalue weighted by Crippen LogP contribution is -2.29. The Hall–Kier alpha value is -1.79. The SMILES string of the molecule is O=C(O)C1=NOC(C(=O)Nc2cc(Cl)ccc2Cl)C1. The molecule has 1 heterocycles. The summed E-state index contributed by atoms with van der Waals surface area (Å²) in [4.78, 5) is 27.2. The van der Waals surface area contributed by atoms with Gasteiger partial charge in [0.1, 0.15) is 0 Å². The summed E-state index contributed by atoms with van der Waals surface area (Å²) in [5.41, 5.74) is 0.129. The number of carboxylic acids is 1. The second-order valence-corrected chi connectivity index (χ2v) is 4.60. The molecule has 100 valence electrons. The number of halogens is 2. The number of carboxylic acid groups (broad SMARTS) is 1. The number of amides is 1. The molecular weight excluding hydrogens is 295 g/mol. The number of oxime groups is 1. The van der Waals surface area contributed by atoms with Gasteiger partial charge in [-0.2, -0.15) is 0 Å². The van der Waals surface area contributed by atoms with E-state index in [0.29, 0.717) is 15.7 Å². The van der Waals surface area contributed by atoms with Gasteiger partial charge in [-0.15, -0.1) is 0 Å². The highest BCUT2D eigenvalue weighted by atomic mass is 35.5. The molecule has 2 rings (SSSR count). The zero-order chi connectivity index (χ0) is 14.0. The standard InChI is InChI=1S/C11H8Cl2N2O4/c12-5-1-2-6(13)7(3-5)14-10(16)9-4-8(11(17)18)15-19-9/h1-3,9H,4H2,(H,14,16)(H,17,18). The monoisotopic (exact) mass is 302 g/mol. The molecule has 8 heteroatoms. The van der Waals surface area contributed by atoms with E-state index in [2.05, 4.69) is 10.5 Å². The maximum Gasteiger partial charge on any atom is 0.353 e. The van der Waals surface area contributed by atoms with Crippen molar-refractivity contribution in [3.63, 3.8) is 0 Å². The maximum absolute atomic E-state index is 11.8. The van der Waals surface area contributed by atoms with Crippen molar-refractivity contribution in [3.8, 4) is 0 Å². The van der Waals surface area contributed by atoms with E-state index >= 15 is 0 Å². The number of benzene rings is 1. The Balaban J connectivity index is 2.03. The number of nitrogens with one attached hydrogen (secondary N) is 1. The average molecular weight is 303 g/mol. The minimum absolute atomic E-state index is 0.0979. The zero-order valence-corrected chi connectivity index (χ0v) is 10.9. The number of hydrogen-bond acceptors (Lipinski definition) is 4. The smallest absolute Gasteiger partial charge is 0.353 e. The van der Waals surface area contributed by atoms with Gasteiger partial charge in [0.05, 0.1) is 10.7 Å². The summed E-state index contributed by atoms with van der Waals surface area (Å²) in [7, 11) is 0. The van der Waals surface area contributed by atoms with Crippen molar-refractivity contribution in [1.82, 2.24) is 0 Å². The molecular formula is C11H8Cl2N2O4. The number of carbonyl (C=O) groups excluding carboxylic acids is 1. The first-order valence-electron chi connectivity index (χ1n) is 5.19. The van der Waals surface area contributed by atoms with Gasteiger partial charge in [-0.1, -0.05) is 28.4 Å². The van der Waals surface area contributed by atoms with Crippen LogP contribution in [-0.4, -0.2) is 28.8 Å². The fourth-order valence-corrected chi connectivity index (χ4v) is 1.79. The lowest BCUT2D eigenvalue weighted by molar-refractivity contribution is -0.129. The molecule has 1 aromatic carbocycles. The fraction of sp³-hybridized carbons (Fsp3) is 0.182. The molecule has 0 saturated carbocycles. The minimum atomic E-state index is -1.21. The zero-order valence-electron chi connectivity index (χ0n) is 9.39. The van der Waals surface area contributed by atoms with E-state index in [9.17, 15) is 9.59 Å². The third-order valence-electron chi connectivity index (χ3n) is 2.39. The largest absolute Gasteiger partial charge is 0.477 e. The third kappa shape index (κ3) is 3.15. The summed E-state index contributed by atoms with van der Waals surface area (Å²) < 4.78 is 0. The molecule has 0 bridgehead atoms. The summed E-state index contributed by atoms with van der Waals surface area (Å²) in [5.74, 6) is -1.75. The normalized spacial score (nSPS) is 17.6. The molecule has 0 fully saturated rings. The first-order chi connectivity index (χ1) is 8.97. The van der Waals surface area contributed by atoms with Crippen LogP contribution < -0.4 is 5.32 Å². The van der Waals surface area contributed by atoms with E-state index in [1.54, 1.807) is 6.07 Å². The predicted octanol–water partition coefficient (Wildman–Crippen LogP) is 2.16. The predicted molar refractivity (Wildman–Crippen MR) is 69.7 cm³/mol. The highest BCUT2D eigenvalue weighted by Crippen LogP contribution is 2.26. The first-order valence-corrected chi connectivity index (χ1v) is 5.95. The van der Waals surface area contributed by atoms with E-state index in [0.717, 1.165) is 0 Å². The molecule has 0 saturated heterocycles. The Morgan fingerprint density at radius 2 is 2.16 bits per heavy atom. The van der Waals surface area contributed by atoms with Crippen molar-refractivity contribution in [2.24, 2.45) is 5.16 Å². The Labute approximate surface area is 117 Å². The summed E-state index contributed by atoms with van der Waals surface area (Å²) in [5, 5.41) is 15.3. The van der Waals surface area contributed by atoms with Crippen LogP contribution in [0.25, 0.3) is 0 Å². The van der Waals surface area contributed by atoms with Crippen LogP contribution in [0, 0.1) is 0 Å². The number of carbonyl (C=O) groups is 2. The van der Waals surface area contributed by atoms with Crippen LogP contribution >= 0.6 is 23.2 Å². The van der Waals surface area contributed by atoms with Gasteiger partial charge in [0, 0.05) is 11.4 Å². The molecule has 0 aromatic heterocycles. The van der Waals surface area contributed by atoms with Gasteiger partial charge in [-0.25, -0.2) is 4.79 Å². The first kappa shape index (κ1) is 13.6. The molecule has 6 nitrogen and oxygen atoms in total. The molecule has 1 amide bonds. The van der Waals surface area contributed by atoms with Crippen molar-refractivity contribution in [1.29, 1.82) is 0 Å². The van der Waals surface area contributed by atoms with Gasteiger partial charge in [0.25, 0.3) is 5.91 Å². The van der Waals surface area contributed by atoms with Crippen LogP contribution in [0.3, 0.4) is 0 Å². The van der Waals surface area contributed by atoms with Crippen LogP contribution in [0.5, 0.6) is 0 Å². The van der Waals surface area contributed by atoms with Gasteiger partial charge >= 0.3 is 5.97 Å². The van der Waals surface area contributed by atoms with Gasteiger partial charge in [0.2, 0.25) is 6.10 Å². The Bertz CT molecular complexity index is 574. The maximum atomic E-state index is 11.8. The molecule has 19 heavy (non-hydrogen) atoms. The van der Waals surface area contributed by atoms with Gasteiger partial charge in [-0.05, 0) is 18.2 Å². The van der Waals surface area contributed by atoms with E-state index in [-0.39, 0.29) is 12.1 Å². The second kappa shape index (κ2) is 5.46. The van der Waals surface area contributed by atoms with E-state index in [1.807, 2.05) is 0 Å². The second-order valence-electron chi connectivity index (χ2n) is 3.75. The van der Waals surface area contributed by atoms with Crippen LogP contribution in [0.15, 0.2) is 23.4 Å². The molecule has 1 aliphatic heterocycles. The van der Waals surface area contributed by atoms with Gasteiger partial charge < -0.3 is 15.3 Å². The topological polar surface area (TPSA) is 88.0 Å². The highest BCUT2D eigenvalue weighted by molar-refractivity contribution is 6.37. The third-order valence-corrected chi connectivity index (χ3v) is 2.96. The average Bonchev–Trinajstić information content (AvgIpc) is 2.83. The molecule has 1 atom stereocenters. The Kier molecular flexibility index (Phi) is 3.92. The Morgan fingerprint density at radius 1 is 1.42 bits per heavy atom. The van der Waals surface area contributed by atoms with E-state index in [4.69, 9.17) is 33.1 Å². The molecule has 2 N–H and O–H groups in total. The van der Waals surface area contributed by atoms with Crippen LogP contribution in [0.2, 0.25) is 10.0 Å². The van der Waals surface area contributed by atoms with Gasteiger partial charge in [0.15, 0.2) is 5.71 Å². The van der Waals surface area contributed by atoms with E-state index in [1.165, 1.54) is 12.1 Å². The van der Waals surface area contributed by atoms with Crippen molar-refractivity contribution in [3.05, 3.63) is 28.2 Å². The molecule has 0 radical (unpaired) electrons. The van der Waals surface area contributed by atoms with Crippen LogP contribution in [0.1, 0.15) is 6.42 Å². The summed E-state index contributed by atoms with van der Waals surface area (Å²) in [6.07, 6.45) is -1.08. The quantitative estimate of drug-likeness (QED) is 0.895. The molecule has 1 aromatic rings. The molecule has 0 spiro atoms. The number of rotatable bonds is 3. The van der Waals surface area contributed by atoms with Crippen LogP contribution in [0.4, 0.5) is 5.69 Å². The molecule has 1 unspecified atom stereocenters. The van der Waals surface area contributed by atoms with Crippen molar-refractivity contribution < 1.29 is 19.5 Å². The summed E-state index contributed by atoms with van der Waals surface area (Å²) in [6.45, 7) is 0. The van der Waals surface area contributed by atoms with E-state index < -0.39 is 18.0 Å². The molecule has 1 aliphatic rings. The number of aliphatic carboxylic acids is 1. The summed E-state index contributed by atoms with van der Waals surface area (Å²) in [6, 6.07) is 4.60. The number of anilines is 1. The minimum Gasteiger partial charge on any atom is -0.477 e. The van der Waals surface area contributed by atoms with Gasteiger partial charge in [-0.3, -0.25) is 4.79 Å². The van der Waals surface area contributed by atoms with Crippen molar-refractivity contribution in [2.45, 2.75) is 12.5 Å². The lowest BCUT2D eigenvalue weighted by Gasteiger charge is -2.10. The summed E-state index contributed by atoms with van der Waals surface area (Å²) >= 11 is 11.7. The van der Waals surface area contributed by atoms with Crippen molar-refractivity contribution in [2.75, 3.05) is 5.32 Å². The lowest BCUT2D eigenvalue weighted by atomic mass is 10.1. The highest BCUT2D eigenvalue weighted by Gasteiger charge is 2.31. The van der Waals surface area contributed by atoms with Crippen LogP contribution in [-0.2, 0) is 14.4 Å².